The number of fused-ring (bicyclic) bond motifs is 1. The molecule has 0 saturated carbocycles. The Balaban J connectivity index is 1.62. The van der Waals surface area contributed by atoms with E-state index in [9.17, 15) is 9.59 Å². The van der Waals surface area contributed by atoms with Gasteiger partial charge in [0.25, 0.3) is 0 Å². The Labute approximate surface area is 171 Å². The SMILES string of the molecule is CC[C@H](C)[C@H](NC(=O)OCc1ccccc1)C(=O)N[C@@H]1CCOc2ccccc21. The van der Waals surface area contributed by atoms with Gasteiger partial charge in [-0.05, 0) is 17.5 Å². The van der Waals surface area contributed by atoms with Gasteiger partial charge in [0.15, 0.2) is 0 Å². The van der Waals surface area contributed by atoms with E-state index in [0.29, 0.717) is 13.0 Å². The van der Waals surface area contributed by atoms with Crippen molar-refractivity contribution in [3.63, 3.8) is 0 Å². The molecule has 1 heterocycles. The number of nitrogens with one attached hydrogen (secondary N) is 2. The number of rotatable bonds is 7. The van der Waals surface area contributed by atoms with Crippen molar-refractivity contribution in [2.24, 2.45) is 5.92 Å². The summed E-state index contributed by atoms with van der Waals surface area (Å²) < 4.78 is 11.0. The van der Waals surface area contributed by atoms with Gasteiger partial charge >= 0.3 is 6.09 Å². The second-order valence-corrected chi connectivity index (χ2v) is 7.31. The number of benzene rings is 2. The fourth-order valence-electron chi connectivity index (χ4n) is 3.35. The third kappa shape index (κ3) is 5.50. The van der Waals surface area contributed by atoms with Gasteiger partial charge in [-0.3, -0.25) is 4.79 Å². The van der Waals surface area contributed by atoms with Crippen LogP contribution in [0.25, 0.3) is 0 Å². The van der Waals surface area contributed by atoms with Gasteiger partial charge in [-0.1, -0.05) is 68.8 Å². The van der Waals surface area contributed by atoms with Crippen LogP contribution in [0.4, 0.5) is 4.79 Å². The second-order valence-electron chi connectivity index (χ2n) is 7.31. The lowest BCUT2D eigenvalue weighted by molar-refractivity contribution is -0.125. The Hall–Kier alpha value is -3.02. The van der Waals surface area contributed by atoms with Crippen LogP contribution in [-0.2, 0) is 16.1 Å². The Morgan fingerprint density at radius 1 is 1.14 bits per heavy atom. The number of carbonyl (C=O) groups is 2. The number of alkyl carbamates (subject to hydrolysis) is 1. The maximum atomic E-state index is 13.0. The molecule has 0 bridgehead atoms. The minimum Gasteiger partial charge on any atom is -0.493 e. The summed E-state index contributed by atoms with van der Waals surface area (Å²) in [4.78, 5) is 25.3. The van der Waals surface area contributed by atoms with Crippen LogP contribution in [0.5, 0.6) is 5.75 Å². The molecule has 1 aliphatic rings. The summed E-state index contributed by atoms with van der Waals surface area (Å²) in [5, 5.41) is 5.83. The highest BCUT2D eigenvalue weighted by molar-refractivity contribution is 5.86. The minimum atomic E-state index is -0.668. The molecule has 0 saturated heterocycles. The molecule has 0 radical (unpaired) electrons. The number of para-hydroxylation sites is 1. The minimum absolute atomic E-state index is 0.0330. The third-order valence-electron chi connectivity index (χ3n) is 5.26. The van der Waals surface area contributed by atoms with Crippen molar-refractivity contribution in [2.75, 3.05) is 6.61 Å². The summed E-state index contributed by atoms with van der Waals surface area (Å²) in [7, 11) is 0. The first-order valence-corrected chi connectivity index (χ1v) is 10.1. The molecule has 6 nitrogen and oxygen atoms in total. The van der Waals surface area contributed by atoms with Crippen molar-refractivity contribution in [1.29, 1.82) is 0 Å². The van der Waals surface area contributed by atoms with Gasteiger partial charge in [-0.15, -0.1) is 0 Å². The van der Waals surface area contributed by atoms with Crippen LogP contribution in [0, 0.1) is 5.92 Å². The zero-order chi connectivity index (χ0) is 20.6. The Bertz CT molecular complexity index is 825. The number of hydrogen-bond donors (Lipinski definition) is 2. The molecule has 3 rings (SSSR count). The Kier molecular flexibility index (Phi) is 7.11. The quantitative estimate of drug-likeness (QED) is 0.743. The molecule has 6 heteroatoms. The molecule has 0 fully saturated rings. The molecule has 2 aromatic carbocycles. The van der Waals surface area contributed by atoms with Crippen molar-refractivity contribution in [1.82, 2.24) is 10.6 Å². The van der Waals surface area contributed by atoms with E-state index in [1.807, 2.05) is 68.4 Å². The molecule has 0 unspecified atom stereocenters. The van der Waals surface area contributed by atoms with Crippen LogP contribution in [-0.4, -0.2) is 24.6 Å². The monoisotopic (exact) mass is 396 g/mol. The second kappa shape index (κ2) is 9.96. The third-order valence-corrected chi connectivity index (χ3v) is 5.26. The van der Waals surface area contributed by atoms with E-state index < -0.39 is 12.1 Å². The van der Waals surface area contributed by atoms with Crippen LogP contribution < -0.4 is 15.4 Å². The lowest BCUT2D eigenvalue weighted by Gasteiger charge is -2.30. The molecule has 29 heavy (non-hydrogen) atoms. The Morgan fingerprint density at radius 3 is 2.62 bits per heavy atom. The molecule has 154 valence electrons. The van der Waals surface area contributed by atoms with Gasteiger partial charge in [0, 0.05) is 12.0 Å². The van der Waals surface area contributed by atoms with E-state index in [4.69, 9.17) is 9.47 Å². The molecule has 0 spiro atoms. The number of hydrogen-bond acceptors (Lipinski definition) is 4. The summed E-state index contributed by atoms with van der Waals surface area (Å²) in [6.45, 7) is 4.64. The van der Waals surface area contributed by atoms with Crippen molar-refractivity contribution in [2.45, 2.75) is 45.4 Å². The molecule has 3 atom stereocenters. The fraction of sp³-hybridized carbons (Fsp3) is 0.391. The average Bonchev–Trinajstić information content (AvgIpc) is 2.76. The van der Waals surface area contributed by atoms with Crippen molar-refractivity contribution < 1.29 is 19.1 Å². The Morgan fingerprint density at radius 2 is 1.86 bits per heavy atom. The van der Waals surface area contributed by atoms with Gasteiger partial charge in [-0.2, -0.15) is 0 Å². The van der Waals surface area contributed by atoms with Gasteiger partial charge < -0.3 is 20.1 Å². The largest absolute Gasteiger partial charge is 0.493 e. The standard InChI is InChI=1S/C23H28N2O4/c1-3-16(2)21(25-23(27)29-15-17-9-5-4-6-10-17)22(26)24-19-13-14-28-20-12-8-7-11-18(19)20/h4-12,16,19,21H,3,13-15H2,1-2H3,(H,24,26)(H,25,27)/t16-,19+,21-/m0/s1. The first-order valence-electron chi connectivity index (χ1n) is 10.1. The first kappa shape index (κ1) is 20.7. The highest BCUT2D eigenvalue weighted by Crippen LogP contribution is 2.31. The number of amides is 2. The molecular formula is C23H28N2O4. The summed E-state index contributed by atoms with van der Waals surface area (Å²) in [5.74, 6) is 0.548. The van der Waals surface area contributed by atoms with E-state index >= 15 is 0 Å². The highest BCUT2D eigenvalue weighted by Gasteiger charge is 2.30. The van der Waals surface area contributed by atoms with Crippen molar-refractivity contribution in [3.8, 4) is 5.75 Å². The van der Waals surface area contributed by atoms with Gasteiger partial charge in [0.05, 0.1) is 12.6 Å². The topological polar surface area (TPSA) is 76.7 Å². The molecule has 2 amide bonds. The van der Waals surface area contributed by atoms with Crippen LogP contribution >= 0.6 is 0 Å². The summed E-state index contributed by atoms with van der Waals surface area (Å²) in [6.07, 6.45) is 0.845. The number of ether oxygens (including phenoxy) is 2. The highest BCUT2D eigenvalue weighted by atomic mass is 16.5. The summed E-state index contributed by atoms with van der Waals surface area (Å²) in [6, 6.07) is 16.3. The maximum absolute atomic E-state index is 13.0. The van der Waals surface area contributed by atoms with E-state index in [2.05, 4.69) is 10.6 Å². The predicted molar refractivity (Wildman–Crippen MR) is 110 cm³/mol. The summed E-state index contributed by atoms with van der Waals surface area (Å²) >= 11 is 0. The normalized spacial score (nSPS) is 17.2. The van der Waals surface area contributed by atoms with E-state index in [0.717, 1.165) is 23.3 Å². The number of carbonyl (C=O) groups excluding carboxylic acids is 2. The lowest BCUT2D eigenvalue weighted by atomic mass is 9.96. The smallest absolute Gasteiger partial charge is 0.408 e. The molecular weight excluding hydrogens is 368 g/mol. The van der Waals surface area contributed by atoms with Crippen molar-refractivity contribution in [3.05, 3.63) is 65.7 Å². The summed E-state index contributed by atoms with van der Waals surface area (Å²) in [5.41, 5.74) is 1.85. The molecule has 2 aromatic rings. The zero-order valence-electron chi connectivity index (χ0n) is 16.9. The van der Waals surface area contributed by atoms with Gasteiger partial charge in [0.2, 0.25) is 5.91 Å². The lowest BCUT2D eigenvalue weighted by Crippen LogP contribution is -2.51. The van der Waals surface area contributed by atoms with E-state index in [1.165, 1.54) is 0 Å². The van der Waals surface area contributed by atoms with Gasteiger partial charge in [-0.25, -0.2) is 4.79 Å². The van der Waals surface area contributed by atoms with Crippen LogP contribution in [0.1, 0.15) is 43.9 Å². The van der Waals surface area contributed by atoms with Gasteiger partial charge in [0.1, 0.15) is 18.4 Å². The molecule has 0 aromatic heterocycles. The maximum Gasteiger partial charge on any atom is 0.408 e. The van der Waals surface area contributed by atoms with Crippen LogP contribution in [0.2, 0.25) is 0 Å². The van der Waals surface area contributed by atoms with Crippen LogP contribution in [0.3, 0.4) is 0 Å². The average molecular weight is 396 g/mol. The van der Waals surface area contributed by atoms with E-state index in [-0.39, 0.29) is 24.5 Å². The molecule has 2 N–H and O–H groups in total. The predicted octanol–water partition coefficient (Wildman–Crippen LogP) is 3.97. The van der Waals surface area contributed by atoms with Crippen LogP contribution in [0.15, 0.2) is 54.6 Å². The molecule has 0 aliphatic carbocycles. The molecule has 1 aliphatic heterocycles. The zero-order valence-corrected chi connectivity index (χ0v) is 16.9. The van der Waals surface area contributed by atoms with Crippen molar-refractivity contribution >= 4 is 12.0 Å². The first-order chi connectivity index (χ1) is 14.1. The fourth-order valence-corrected chi connectivity index (χ4v) is 3.35. The van der Waals surface area contributed by atoms with E-state index in [1.54, 1.807) is 0 Å².